The van der Waals surface area contributed by atoms with E-state index < -0.39 is 0 Å². The molecule has 1 heterocycles. The lowest BCUT2D eigenvalue weighted by molar-refractivity contribution is 0.461. The third-order valence-electron chi connectivity index (χ3n) is 4.00. The highest BCUT2D eigenvalue weighted by atomic mass is 35.5. The first kappa shape index (κ1) is 16.1. The van der Waals surface area contributed by atoms with Gasteiger partial charge >= 0.3 is 0 Å². The Hall–Kier alpha value is -0.770. The molecule has 5 heteroatoms. The zero-order valence-corrected chi connectivity index (χ0v) is 14.2. The number of hydrogen-bond donors (Lipinski definition) is 2. The van der Waals surface area contributed by atoms with Crippen LogP contribution in [0.25, 0.3) is 0 Å². The van der Waals surface area contributed by atoms with E-state index in [4.69, 9.17) is 34.8 Å². The van der Waals surface area contributed by atoms with E-state index in [1.165, 1.54) is 5.56 Å². The summed E-state index contributed by atoms with van der Waals surface area (Å²) in [7, 11) is 0. The Bertz CT molecular complexity index is 646. The van der Waals surface area contributed by atoms with Crippen molar-refractivity contribution in [1.29, 1.82) is 0 Å². The van der Waals surface area contributed by atoms with Gasteiger partial charge in [-0.1, -0.05) is 65.1 Å². The quantitative estimate of drug-likeness (QED) is 0.767. The van der Waals surface area contributed by atoms with E-state index in [9.17, 15) is 0 Å². The predicted molar refractivity (Wildman–Crippen MR) is 93.9 cm³/mol. The Balaban J connectivity index is 1.71. The van der Waals surface area contributed by atoms with E-state index in [-0.39, 0.29) is 0 Å². The Morgan fingerprint density at radius 1 is 1.09 bits per heavy atom. The minimum absolute atomic E-state index is 0.314. The molecule has 0 aromatic heterocycles. The van der Waals surface area contributed by atoms with Crippen LogP contribution in [0, 0.1) is 0 Å². The Labute approximate surface area is 145 Å². The number of rotatable bonds is 4. The summed E-state index contributed by atoms with van der Waals surface area (Å²) in [5.74, 6) is 0. The highest BCUT2D eigenvalue weighted by Crippen LogP contribution is 2.30. The predicted octanol–water partition coefficient (Wildman–Crippen LogP) is 4.84. The molecule has 2 aromatic rings. The van der Waals surface area contributed by atoms with Crippen LogP contribution >= 0.6 is 34.8 Å². The van der Waals surface area contributed by atoms with E-state index in [0.29, 0.717) is 33.7 Å². The van der Waals surface area contributed by atoms with Crippen molar-refractivity contribution in [2.45, 2.75) is 25.0 Å². The molecule has 0 saturated carbocycles. The second-order valence-corrected chi connectivity index (χ2v) is 6.70. The van der Waals surface area contributed by atoms with Gasteiger partial charge in [0.25, 0.3) is 0 Å². The Morgan fingerprint density at radius 2 is 1.86 bits per heavy atom. The molecule has 3 rings (SSSR count). The summed E-state index contributed by atoms with van der Waals surface area (Å²) in [5.41, 5.74) is 2.23. The second-order valence-electron chi connectivity index (χ2n) is 5.48. The lowest BCUT2D eigenvalue weighted by Crippen LogP contribution is -2.34. The van der Waals surface area contributed by atoms with Crippen molar-refractivity contribution < 1.29 is 0 Å². The molecule has 1 fully saturated rings. The first-order valence-corrected chi connectivity index (χ1v) is 8.43. The molecule has 0 unspecified atom stereocenters. The zero-order chi connectivity index (χ0) is 15.5. The van der Waals surface area contributed by atoms with Crippen molar-refractivity contribution in [3.8, 4) is 0 Å². The fourth-order valence-electron chi connectivity index (χ4n) is 2.91. The molecule has 0 radical (unpaired) electrons. The largest absolute Gasteiger partial charge is 0.309 e. The van der Waals surface area contributed by atoms with E-state index >= 15 is 0 Å². The maximum absolute atomic E-state index is 6.26. The van der Waals surface area contributed by atoms with Gasteiger partial charge in [0, 0.05) is 23.7 Å². The number of nitrogens with one attached hydrogen (secondary N) is 2. The summed E-state index contributed by atoms with van der Waals surface area (Å²) in [6.45, 7) is 1.65. The highest BCUT2D eigenvalue weighted by Gasteiger charge is 2.27. The molecule has 1 aliphatic rings. The van der Waals surface area contributed by atoms with Gasteiger partial charge in [0.2, 0.25) is 0 Å². The van der Waals surface area contributed by atoms with Crippen LogP contribution in [0.1, 0.15) is 23.6 Å². The number of hydrogen-bond acceptors (Lipinski definition) is 2. The molecule has 2 aromatic carbocycles. The summed E-state index contributed by atoms with van der Waals surface area (Å²) in [5, 5.41) is 8.80. The molecule has 0 spiro atoms. The van der Waals surface area contributed by atoms with E-state index in [0.717, 1.165) is 18.5 Å². The van der Waals surface area contributed by atoms with Crippen LogP contribution in [0.2, 0.25) is 15.1 Å². The average molecular weight is 356 g/mol. The summed E-state index contributed by atoms with van der Waals surface area (Å²) in [4.78, 5) is 0. The van der Waals surface area contributed by atoms with E-state index in [2.05, 4.69) is 34.9 Å². The molecule has 0 amide bonds. The number of benzene rings is 2. The molecular formula is C17H17Cl3N2. The topological polar surface area (TPSA) is 24.1 Å². The summed E-state index contributed by atoms with van der Waals surface area (Å²) < 4.78 is 0. The lowest BCUT2D eigenvalue weighted by Gasteiger charge is -2.22. The summed E-state index contributed by atoms with van der Waals surface area (Å²) in [6.07, 6.45) is 1.07. The summed E-state index contributed by atoms with van der Waals surface area (Å²) >= 11 is 18.4. The standard InChI is InChI=1S/C17H17Cl3N2/c18-13-8-12(16(20)14(19)9-13)10-22-15-6-7-21-17(15)11-4-2-1-3-5-11/h1-5,8-9,15,17,21-22H,6-7,10H2/t15-,17-/m0/s1. The van der Waals surface area contributed by atoms with Gasteiger partial charge in [-0.15, -0.1) is 0 Å². The molecule has 116 valence electrons. The van der Waals surface area contributed by atoms with Crippen molar-refractivity contribution in [3.63, 3.8) is 0 Å². The average Bonchev–Trinajstić information content (AvgIpc) is 2.99. The van der Waals surface area contributed by atoms with Gasteiger partial charge in [0.15, 0.2) is 0 Å². The van der Waals surface area contributed by atoms with Crippen LogP contribution in [0.4, 0.5) is 0 Å². The van der Waals surface area contributed by atoms with E-state index in [1.54, 1.807) is 6.07 Å². The smallest absolute Gasteiger partial charge is 0.0638 e. The van der Waals surface area contributed by atoms with Crippen molar-refractivity contribution in [1.82, 2.24) is 10.6 Å². The molecule has 0 aliphatic carbocycles. The molecular weight excluding hydrogens is 339 g/mol. The molecule has 22 heavy (non-hydrogen) atoms. The Morgan fingerprint density at radius 3 is 2.64 bits per heavy atom. The third-order valence-corrected chi connectivity index (χ3v) is 5.06. The van der Waals surface area contributed by atoms with Gasteiger partial charge in [-0.2, -0.15) is 0 Å². The van der Waals surface area contributed by atoms with Crippen LogP contribution in [0.3, 0.4) is 0 Å². The maximum Gasteiger partial charge on any atom is 0.0638 e. The summed E-state index contributed by atoms with van der Waals surface area (Å²) in [6, 6.07) is 14.7. The SMILES string of the molecule is Clc1cc(Cl)c(Cl)c(CN[C@H]2CCN[C@H]2c2ccccc2)c1. The van der Waals surface area contributed by atoms with Gasteiger partial charge in [-0.25, -0.2) is 0 Å². The van der Waals surface area contributed by atoms with Crippen molar-refractivity contribution >= 4 is 34.8 Å². The first-order chi connectivity index (χ1) is 10.6. The van der Waals surface area contributed by atoms with Crippen LogP contribution in [0.5, 0.6) is 0 Å². The third kappa shape index (κ3) is 3.58. The van der Waals surface area contributed by atoms with Crippen LogP contribution in [-0.2, 0) is 6.54 Å². The van der Waals surface area contributed by atoms with Crippen molar-refractivity contribution in [2.75, 3.05) is 6.54 Å². The molecule has 0 bridgehead atoms. The van der Waals surface area contributed by atoms with Crippen molar-refractivity contribution in [3.05, 3.63) is 68.7 Å². The van der Waals surface area contributed by atoms with Crippen molar-refractivity contribution in [2.24, 2.45) is 0 Å². The van der Waals surface area contributed by atoms with Crippen LogP contribution in [0.15, 0.2) is 42.5 Å². The van der Waals surface area contributed by atoms with Crippen LogP contribution in [-0.4, -0.2) is 12.6 Å². The van der Waals surface area contributed by atoms with Gasteiger partial charge in [-0.05, 0) is 36.2 Å². The molecule has 2 atom stereocenters. The van der Waals surface area contributed by atoms with Crippen LogP contribution < -0.4 is 10.6 Å². The first-order valence-electron chi connectivity index (χ1n) is 7.30. The van der Waals surface area contributed by atoms with Gasteiger partial charge < -0.3 is 10.6 Å². The maximum atomic E-state index is 6.26. The monoisotopic (exact) mass is 354 g/mol. The fourth-order valence-corrected chi connectivity index (χ4v) is 3.62. The molecule has 2 nitrogen and oxygen atoms in total. The van der Waals surface area contributed by atoms with E-state index in [1.807, 2.05) is 12.1 Å². The molecule has 1 saturated heterocycles. The van der Waals surface area contributed by atoms with Gasteiger partial charge in [0.05, 0.1) is 10.0 Å². The molecule has 2 N–H and O–H groups in total. The zero-order valence-electron chi connectivity index (χ0n) is 12.0. The number of halogens is 3. The Kier molecular flexibility index (Phi) is 5.27. The van der Waals surface area contributed by atoms with Gasteiger partial charge in [-0.3, -0.25) is 0 Å². The lowest BCUT2D eigenvalue weighted by atomic mass is 10.0. The minimum Gasteiger partial charge on any atom is -0.309 e. The second kappa shape index (κ2) is 7.20. The van der Waals surface area contributed by atoms with Gasteiger partial charge in [0.1, 0.15) is 0 Å². The molecule has 1 aliphatic heterocycles. The highest BCUT2D eigenvalue weighted by molar-refractivity contribution is 6.43. The fraction of sp³-hybridized carbons (Fsp3) is 0.294. The minimum atomic E-state index is 0.314. The normalized spacial score (nSPS) is 21.2.